The van der Waals surface area contributed by atoms with E-state index in [1.54, 1.807) is 6.07 Å². The van der Waals surface area contributed by atoms with Gasteiger partial charge in [-0.2, -0.15) is 0 Å². The Labute approximate surface area is 210 Å². The normalized spacial score (nSPS) is 11.7. The Kier molecular flexibility index (Phi) is 6.39. The number of furan rings is 1. The molecule has 5 aromatic rings. The highest BCUT2D eigenvalue weighted by atomic mass is 16.5. The third-order valence-electron chi connectivity index (χ3n) is 6.42. The number of ether oxygens (including phenoxy) is 1. The number of carbonyl (C=O) groups excluding carboxylic acids is 1. The van der Waals surface area contributed by atoms with Gasteiger partial charge >= 0.3 is 5.97 Å². The molecule has 7 heteroatoms. The van der Waals surface area contributed by atoms with Gasteiger partial charge in [0, 0.05) is 18.7 Å². The van der Waals surface area contributed by atoms with Crippen LogP contribution in [0.3, 0.4) is 0 Å². The van der Waals surface area contributed by atoms with Crippen LogP contribution >= 0.6 is 0 Å². The molecule has 3 heterocycles. The molecule has 3 aromatic heterocycles. The minimum absolute atomic E-state index is 0.366. The molecule has 0 aliphatic rings. The summed E-state index contributed by atoms with van der Waals surface area (Å²) in [6.07, 6.45) is 2.10. The van der Waals surface area contributed by atoms with E-state index in [9.17, 15) is 4.79 Å². The Morgan fingerprint density at radius 3 is 2.53 bits per heavy atom. The van der Waals surface area contributed by atoms with Gasteiger partial charge in [-0.1, -0.05) is 33.3 Å². The minimum atomic E-state index is -0.366. The second kappa shape index (κ2) is 9.64. The number of hydrogen-bond acceptors (Lipinski definition) is 5. The van der Waals surface area contributed by atoms with Gasteiger partial charge in [-0.05, 0) is 61.7 Å². The number of aryl methyl sites for hydroxylation is 2. The Hall–Kier alpha value is -3.87. The molecule has 2 aromatic carbocycles. The van der Waals surface area contributed by atoms with E-state index in [1.807, 2.05) is 43.3 Å². The molecule has 0 radical (unpaired) electrons. The van der Waals surface area contributed by atoms with Crippen molar-refractivity contribution in [3.05, 3.63) is 59.9 Å². The van der Waals surface area contributed by atoms with Gasteiger partial charge in [0.2, 0.25) is 0 Å². The summed E-state index contributed by atoms with van der Waals surface area (Å²) in [4.78, 5) is 22.2. The van der Waals surface area contributed by atoms with Gasteiger partial charge in [-0.25, -0.2) is 14.8 Å². The molecule has 5 rings (SSSR count). The van der Waals surface area contributed by atoms with Crippen LogP contribution in [0.4, 0.5) is 0 Å². The molecule has 36 heavy (non-hydrogen) atoms. The van der Waals surface area contributed by atoms with Crippen molar-refractivity contribution in [2.75, 3.05) is 7.11 Å². The van der Waals surface area contributed by atoms with Crippen molar-refractivity contribution in [3.8, 4) is 23.0 Å². The maximum absolute atomic E-state index is 12.2. The molecule has 0 aliphatic carbocycles. The lowest BCUT2D eigenvalue weighted by molar-refractivity contribution is 0.0601. The molecular formula is C29H32N4O3. The average molecular weight is 485 g/mol. The zero-order valence-electron chi connectivity index (χ0n) is 21.5. The number of imidazole rings is 2. The predicted octanol–water partition coefficient (Wildman–Crippen LogP) is 6.86. The third-order valence-corrected chi connectivity index (χ3v) is 6.42. The highest BCUT2D eigenvalue weighted by Gasteiger charge is 2.22. The summed E-state index contributed by atoms with van der Waals surface area (Å²) in [6.45, 7) is 10.2. The van der Waals surface area contributed by atoms with Crippen LogP contribution < -0.4 is 0 Å². The van der Waals surface area contributed by atoms with Gasteiger partial charge in [0.25, 0.3) is 0 Å². The predicted molar refractivity (Wildman–Crippen MR) is 142 cm³/mol. The molecule has 0 unspecified atom stereocenters. The monoisotopic (exact) mass is 484 g/mol. The van der Waals surface area contributed by atoms with Crippen molar-refractivity contribution in [1.82, 2.24) is 19.1 Å². The molecule has 0 N–H and O–H groups in total. The number of carbonyl (C=O) groups is 1. The lowest BCUT2D eigenvalue weighted by Gasteiger charge is -2.14. The first kappa shape index (κ1) is 23.9. The summed E-state index contributed by atoms with van der Waals surface area (Å²) in [5.74, 6) is 3.37. The van der Waals surface area contributed by atoms with Crippen LogP contribution in [0.1, 0.15) is 49.7 Å². The minimum Gasteiger partial charge on any atom is -0.465 e. The number of unbranched alkanes of at least 4 members (excludes halogenated alkanes) is 1. The standard InChI is InChI=1S/C29H32N4O3/c1-6-7-15-32-26-21(9-8-10-22(26)30-28(32)25-14-11-19(4)36-25)27-31-23-16-20(29(34)35-5)12-13-24(23)33(27)17-18(2)3/h8-14,16,18H,6-7,15,17H2,1-5H3. The maximum atomic E-state index is 12.2. The lowest BCUT2D eigenvalue weighted by atomic mass is 10.1. The van der Waals surface area contributed by atoms with Gasteiger partial charge < -0.3 is 18.3 Å². The van der Waals surface area contributed by atoms with E-state index in [1.165, 1.54) is 7.11 Å². The van der Waals surface area contributed by atoms with E-state index in [4.69, 9.17) is 19.1 Å². The molecule has 7 nitrogen and oxygen atoms in total. The molecule has 0 saturated carbocycles. The molecule has 0 fully saturated rings. The van der Waals surface area contributed by atoms with E-state index in [-0.39, 0.29) is 5.97 Å². The number of methoxy groups -OCH3 is 1. The van der Waals surface area contributed by atoms with Crippen LogP contribution in [-0.4, -0.2) is 32.2 Å². The number of esters is 1. The Bertz CT molecular complexity index is 1550. The Balaban J connectivity index is 1.78. The van der Waals surface area contributed by atoms with E-state index < -0.39 is 0 Å². The number of nitrogens with zero attached hydrogens (tertiary/aromatic N) is 4. The quantitative estimate of drug-likeness (QED) is 0.225. The van der Waals surface area contributed by atoms with Gasteiger partial charge in [0.15, 0.2) is 11.6 Å². The summed E-state index contributed by atoms with van der Waals surface area (Å²) >= 11 is 0. The van der Waals surface area contributed by atoms with Crippen LogP contribution in [0.2, 0.25) is 0 Å². The fourth-order valence-corrected chi connectivity index (χ4v) is 4.77. The molecule has 0 bridgehead atoms. The van der Waals surface area contributed by atoms with E-state index in [0.29, 0.717) is 11.5 Å². The SMILES string of the molecule is CCCCn1c(-c2ccc(C)o2)nc2cccc(-c3nc4cc(C(=O)OC)ccc4n3CC(C)C)c21. The van der Waals surface area contributed by atoms with Crippen LogP contribution in [-0.2, 0) is 17.8 Å². The topological polar surface area (TPSA) is 75.1 Å². The Morgan fingerprint density at radius 1 is 1.03 bits per heavy atom. The summed E-state index contributed by atoms with van der Waals surface area (Å²) in [5.41, 5.74) is 5.22. The summed E-state index contributed by atoms with van der Waals surface area (Å²) in [6, 6.07) is 15.7. The van der Waals surface area contributed by atoms with E-state index in [0.717, 1.165) is 76.7 Å². The average Bonchev–Trinajstić information content (AvgIpc) is 3.56. The number of hydrogen-bond donors (Lipinski definition) is 0. The fourth-order valence-electron chi connectivity index (χ4n) is 4.77. The fraction of sp³-hybridized carbons (Fsp3) is 0.345. The second-order valence-electron chi connectivity index (χ2n) is 9.66. The van der Waals surface area contributed by atoms with Gasteiger partial charge in [-0.3, -0.25) is 0 Å². The summed E-state index contributed by atoms with van der Waals surface area (Å²) in [5, 5.41) is 0. The highest BCUT2D eigenvalue weighted by molar-refractivity contribution is 5.97. The first-order chi connectivity index (χ1) is 17.4. The van der Waals surface area contributed by atoms with Gasteiger partial charge in [0.1, 0.15) is 11.6 Å². The van der Waals surface area contributed by atoms with Crippen molar-refractivity contribution in [2.24, 2.45) is 5.92 Å². The maximum Gasteiger partial charge on any atom is 0.337 e. The van der Waals surface area contributed by atoms with Crippen molar-refractivity contribution < 1.29 is 13.9 Å². The number of benzene rings is 2. The molecule has 0 saturated heterocycles. The summed E-state index contributed by atoms with van der Waals surface area (Å²) < 4.78 is 15.4. The molecule has 0 aliphatic heterocycles. The molecule has 0 spiro atoms. The Morgan fingerprint density at radius 2 is 1.83 bits per heavy atom. The van der Waals surface area contributed by atoms with E-state index in [2.05, 4.69) is 36.0 Å². The van der Waals surface area contributed by atoms with Crippen molar-refractivity contribution >= 4 is 28.0 Å². The number of aromatic nitrogens is 4. The zero-order valence-corrected chi connectivity index (χ0v) is 21.5. The summed E-state index contributed by atoms with van der Waals surface area (Å²) in [7, 11) is 1.39. The third kappa shape index (κ3) is 4.19. The lowest BCUT2D eigenvalue weighted by Crippen LogP contribution is -2.08. The number of fused-ring (bicyclic) bond motifs is 2. The molecule has 0 atom stereocenters. The highest BCUT2D eigenvalue weighted by Crippen LogP contribution is 2.35. The molecular weight excluding hydrogens is 452 g/mol. The van der Waals surface area contributed by atoms with Crippen LogP contribution in [0, 0.1) is 12.8 Å². The number of para-hydroxylation sites is 1. The van der Waals surface area contributed by atoms with Crippen molar-refractivity contribution in [3.63, 3.8) is 0 Å². The van der Waals surface area contributed by atoms with Crippen molar-refractivity contribution in [2.45, 2.75) is 53.6 Å². The largest absolute Gasteiger partial charge is 0.465 e. The van der Waals surface area contributed by atoms with Crippen LogP contribution in [0.5, 0.6) is 0 Å². The molecule has 186 valence electrons. The molecule has 0 amide bonds. The first-order valence-corrected chi connectivity index (χ1v) is 12.6. The van der Waals surface area contributed by atoms with Gasteiger partial charge in [-0.15, -0.1) is 0 Å². The smallest absolute Gasteiger partial charge is 0.337 e. The van der Waals surface area contributed by atoms with Gasteiger partial charge in [0.05, 0.1) is 34.7 Å². The number of rotatable bonds is 8. The van der Waals surface area contributed by atoms with Crippen molar-refractivity contribution in [1.29, 1.82) is 0 Å². The van der Waals surface area contributed by atoms with E-state index >= 15 is 0 Å². The van der Waals surface area contributed by atoms with Crippen LogP contribution in [0.25, 0.3) is 45.0 Å². The zero-order chi connectivity index (χ0) is 25.4. The second-order valence-corrected chi connectivity index (χ2v) is 9.66. The first-order valence-electron chi connectivity index (χ1n) is 12.6. The van der Waals surface area contributed by atoms with Crippen LogP contribution in [0.15, 0.2) is 52.9 Å².